The number of carbonyl (C=O) groups is 1. The summed E-state index contributed by atoms with van der Waals surface area (Å²) >= 11 is 9.35. The molecule has 1 aromatic rings. The summed E-state index contributed by atoms with van der Waals surface area (Å²) in [6.07, 6.45) is 0.687. The first-order valence-corrected chi connectivity index (χ1v) is 7.78. The molecule has 1 unspecified atom stereocenters. The van der Waals surface area contributed by atoms with Crippen molar-refractivity contribution >= 4 is 39.2 Å². The van der Waals surface area contributed by atoms with Crippen molar-refractivity contribution in [2.45, 2.75) is 40.2 Å². The van der Waals surface area contributed by atoms with Crippen LogP contribution < -0.4 is 5.32 Å². The number of halogens is 2. The van der Waals surface area contributed by atoms with Gasteiger partial charge in [0, 0.05) is 10.2 Å². The smallest absolute Gasteiger partial charge is 0.328 e. The lowest BCUT2D eigenvalue weighted by atomic mass is 9.88. The predicted octanol–water partition coefficient (Wildman–Crippen LogP) is 4.88. The summed E-state index contributed by atoms with van der Waals surface area (Å²) in [5.74, 6) is -0.228. The van der Waals surface area contributed by atoms with E-state index >= 15 is 0 Å². The van der Waals surface area contributed by atoms with Crippen LogP contribution in [-0.4, -0.2) is 18.6 Å². The molecular formula is C15H21BrClNO2. The van der Waals surface area contributed by atoms with Crippen LogP contribution in [0.1, 0.15) is 34.1 Å². The Labute approximate surface area is 134 Å². The predicted molar refractivity (Wildman–Crippen MR) is 87.3 cm³/mol. The number of nitrogens with one attached hydrogen (secondary N) is 1. The number of carbonyl (C=O) groups excluding carboxylic acids is 1. The van der Waals surface area contributed by atoms with Crippen LogP contribution in [0.4, 0.5) is 5.69 Å². The van der Waals surface area contributed by atoms with Crippen LogP contribution >= 0.6 is 27.5 Å². The number of ether oxygens (including phenoxy) is 1. The van der Waals surface area contributed by atoms with Gasteiger partial charge in [0.25, 0.3) is 0 Å². The van der Waals surface area contributed by atoms with E-state index in [0.29, 0.717) is 18.1 Å². The van der Waals surface area contributed by atoms with Crippen molar-refractivity contribution in [1.29, 1.82) is 0 Å². The summed E-state index contributed by atoms with van der Waals surface area (Å²) < 4.78 is 5.93. The Balaban J connectivity index is 2.87. The molecule has 0 amide bonds. The van der Waals surface area contributed by atoms with Gasteiger partial charge in [-0.2, -0.15) is 0 Å². The number of esters is 1. The minimum atomic E-state index is -0.372. The number of rotatable bonds is 5. The highest BCUT2D eigenvalue weighted by Gasteiger charge is 2.26. The highest BCUT2D eigenvalue weighted by molar-refractivity contribution is 9.10. The molecule has 0 aromatic heterocycles. The normalized spacial score (nSPS) is 12.9. The Morgan fingerprint density at radius 2 is 2.10 bits per heavy atom. The molecule has 1 atom stereocenters. The number of hydrogen-bond donors (Lipinski definition) is 1. The molecule has 1 rings (SSSR count). The lowest BCUT2D eigenvalue weighted by Gasteiger charge is -2.26. The third-order valence-corrected chi connectivity index (χ3v) is 3.86. The summed E-state index contributed by atoms with van der Waals surface area (Å²) in [5.41, 5.74) is 0.859. The molecule has 0 bridgehead atoms. The van der Waals surface area contributed by atoms with Gasteiger partial charge in [0.2, 0.25) is 0 Å². The van der Waals surface area contributed by atoms with Gasteiger partial charge in [0.05, 0.1) is 11.6 Å². The molecule has 3 nitrogen and oxygen atoms in total. The lowest BCUT2D eigenvalue weighted by Crippen LogP contribution is -2.35. The zero-order valence-corrected chi connectivity index (χ0v) is 14.6. The van der Waals surface area contributed by atoms with Gasteiger partial charge >= 0.3 is 5.97 Å². The molecule has 0 aliphatic carbocycles. The molecule has 5 heteroatoms. The van der Waals surface area contributed by atoms with Crippen LogP contribution in [0, 0.1) is 5.41 Å². The number of anilines is 1. The Bertz CT molecular complexity index is 471. The van der Waals surface area contributed by atoms with Crippen LogP contribution in [0.3, 0.4) is 0 Å². The molecule has 0 aliphatic rings. The average Bonchev–Trinajstić information content (AvgIpc) is 2.31. The average molecular weight is 363 g/mol. The summed E-state index contributed by atoms with van der Waals surface area (Å²) in [6, 6.07) is 5.12. The van der Waals surface area contributed by atoms with E-state index in [1.54, 1.807) is 6.07 Å². The maximum Gasteiger partial charge on any atom is 0.328 e. The summed E-state index contributed by atoms with van der Waals surface area (Å²) in [6.45, 7) is 8.48. The highest BCUT2D eigenvalue weighted by Crippen LogP contribution is 2.28. The molecule has 1 N–H and O–H groups in total. The standard InChI is InChI=1S/C15H21BrClNO2/c1-5-20-14(19)13(9-15(2,3)4)18-10-6-7-12(17)11(16)8-10/h6-8,13,18H,5,9H2,1-4H3. The summed E-state index contributed by atoms with van der Waals surface area (Å²) in [5, 5.41) is 3.86. The van der Waals surface area contributed by atoms with Gasteiger partial charge in [0.1, 0.15) is 6.04 Å². The molecule has 0 aliphatic heterocycles. The zero-order chi connectivity index (χ0) is 15.3. The van der Waals surface area contributed by atoms with E-state index in [-0.39, 0.29) is 17.4 Å². The van der Waals surface area contributed by atoms with Gasteiger partial charge < -0.3 is 10.1 Å². The van der Waals surface area contributed by atoms with E-state index in [4.69, 9.17) is 16.3 Å². The van der Waals surface area contributed by atoms with Gasteiger partial charge in [-0.3, -0.25) is 0 Å². The maximum atomic E-state index is 12.1. The highest BCUT2D eigenvalue weighted by atomic mass is 79.9. The molecule has 0 spiro atoms. The van der Waals surface area contributed by atoms with Gasteiger partial charge in [-0.1, -0.05) is 32.4 Å². The van der Waals surface area contributed by atoms with E-state index in [9.17, 15) is 4.79 Å². The quantitative estimate of drug-likeness (QED) is 0.758. The minimum absolute atomic E-state index is 0.0219. The largest absolute Gasteiger partial charge is 0.464 e. The molecule has 0 radical (unpaired) electrons. The molecule has 0 saturated heterocycles. The van der Waals surface area contributed by atoms with Crippen molar-refractivity contribution in [3.63, 3.8) is 0 Å². The van der Waals surface area contributed by atoms with Gasteiger partial charge in [0.15, 0.2) is 0 Å². The van der Waals surface area contributed by atoms with Crippen LogP contribution in [0.2, 0.25) is 5.02 Å². The fraction of sp³-hybridized carbons (Fsp3) is 0.533. The van der Waals surface area contributed by atoms with Gasteiger partial charge in [-0.25, -0.2) is 4.79 Å². The van der Waals surface area contributed by atoms with Gasteiger partial charge in [-0.15, -0.1) is 0 Å². The molecule has 20 heavy (non-hydrogen) atoms. The molecule has 112 valence electrons. The molecule has 0 heterocycles. The van der Waals surface area contributed by atoms with Crippen LogP contribution in [0.25, 0.3) is 0 Å². The monoisotopic (exact) mass is 361 g/mol. The first-order chi connectivity index (χ1) is 9.23. The van der Waals surface area contributed by atoms with Crippen molar-refractivity contribution < 1.29 is 9.53 Å². The van der Waals surface area contributed by atoms with E-state index < -0.39 is 0 Å². The van der Waals surface area contributed by atoms with Crippen molar-refractivity contribution in [2.24, 2.45) is 5.41 Å². The fourth-order valence-electron chi connectivity index (χ4n) is 1.84. The minimum Gasteiger partial charge on any atom is -0.464 e. The SMILES string of the molecule is CCOC(=O)C(CC(C)(C)C)Nc1ccc(Cl)c(Br)c1. The second-order valence-corrected chi connectivity index (χ2v) is 7.10. The van der Waals surface area contributed by atoms with E-state index in [0.717, 1.165) is 10.2 Å². The third-order valence-electron chi connectivity index (χ3n) is 2.65. The first-order valence-electron chi connectivity index (χ1n) is 6.61. The number of hydrogen-bond acceptors (Lipinski definition) is 3. The Morgan fingerprint density at radius 1 is 1.45 bits per heavy atom. The van der Waals surface area contributed by atoms with Crippen molar-refractivity contribution in [1.82, 2.24) is 0 Å². The van der Waals surface area contributed by atoms with Crippen LogP contribution in [-0.2, 0) is 9.53 Å². The van der Waals surface area contributed by atoms with Crippen molar-refractivity contribution in [3.8, 4) is 0 Å². The van der Waals surface area contributed by atoms with E-state index in [1.807, 2.05) is 19.1 Å². The number of benzene rings is 1. The van der Waals surface area contributed by atoms with Crippen molar-refractivity contribution in [2.75, 3.05) is 11.9 Å². The fourth-order valence-corrected chi connectivity index (χ4v) is 2.33. The van der Waals surface area contributed by atoms with Gasteiger partial charge in [-0.05, 0) is 52.9 Å². The molecular weight excluding hydrogens is 342 g/mol. The summed E-state index contributed by atoms with van der Waals surface area (Å²) in [4.78, 5) is 12.1. The van der Waals surface area contributed by atoms with E-state index in [1.165, 1.54) is 0 Å². The second-order valence-electron chi connectivity index (χ2n) is 5.84. The topological polar surface area (TPSA) is 38.3 Å². The second kappa shape index (κ2) is 7.32. The molecule has 0 fully saturated rings. The third kappa shape index (κ3) is 5.71. The molecule has 0 saturated carbocycles. The Kier molecular flexibility index (Phi) is 6.34. The van der Waals surface area contributed by atoms with Crippen LogP contribution in [0.15, 0.2) is 22.7 Å². The van der Waals surface area contributed by atoms with Crippen LogP contribution in [0.5, 0.6) is 0 Å². The lowest BCUT2D eigenvalue weighted by molar-refractivity contribution is -0.144. The Morgan fingerprint density at radius 3 is 2.60 bits per heavy atom. The summed E-state index contributed by atoms with van der Waals surface area (Å²) in [7, 11) is 0. The maximum absolute atomic E-state index is 12.1. The van der Waals surface area contributed by atoms with E-state index in [2.05, 4.69) is 42.0 Å². The zero-order valence-electron chi connectivity index (χ0n) is 12.3. The Hall–Kier alpha value is -0.740. The first kappa shape index (κ1) is 17.3. The van der Waals surface area contributed by atoms with Crippen molar-refractivity contribution in [3.05, 3.63) is 27.7 Å². The molecule has 1 aromatic carbocycles.